The van der Waals surface area contributed by atoms with Gasteiger partial charge in [0.25, 0.3) is 5.91 Å². The maximum atomic E-state index is 12.5. The van der Waals surface area contributed by atoms with Crippen molar-refractivity contribution in [2.45, 2.75) is 32.6 Å². The molecule has 5 rings (SSSR count). The topological polar surface area (TPSA) is 111 Å². The Kier molecular flexibility index (Phi) is 5.74. The number of aromatic nitrogens is 5. The number of hydrogen-bond donors (Lipinski definition) is 1. The fourth-order valence-corrected chi connectivity index (χ4v) is 4.13. The van der Waals surface area contributed by atoms with Crippen LogP contribution in [0.3, 0.4) is 0 Å². The van der Waals surface area contributed by atoms with E-state index in [0.717, 1.165) is 35.5 Å². The highest BCUT2D eigenvalue weighted by Gasteiger charge is 2.25. The highest BCUT2D eigenvalue weighted by atomic mass is 16.5. The third-order valence-electron chi connectivity index (χ3n) is 5.54. The summed E-state index contributed by atoms with van der Waals surface area (Å²) in [7, 11) is 0. The lowest BCUT2D eigenvalue weighted by atomic mass is 10.1. The van der Waals surface area contributed by atoms with Gasteiger partial charge in [-0.15, -0.1) is 0 Å². The molecule has 1 N–H and O–H groups in total. The molecule has 4 aromatic rings. The molecule has 1 amide bonds. The first-order valence-corrected chi connectivity index (χ1v) is 11.0. The van der Waals surface area contributed by atoms with Crippen LogP contribution in [0.1, 0.15) is 24.3 Å². The van der Waals surface area contributed by atoms with Gasteiger partial charge in [0.05, 0.1) is 30.3 Å². The smallest absolute Gasteiger partial charge is 0.273 e. The van der Waals surface area contributed by atoms with E-state index < -0.39 is 0 Å². The van der Waals surface area contributed by atoms with E-state index in [-0.39, 0.29) is 23.8 Å². The number of fused-ring (bicyclic) bond motifs is 1. The van der Waals surface area contributed by atoms with Crippen LogP contribution < -0.4 is 10.2 Å². The highest BCUT2D eigenvalue weighted by molar-refractivity contribution is 5.93. The van der Waals surface area contributed by atoms with E-state index >= 15 is 0 Å². The normalized spacial score (nSPS) is 18.5. The Morgan fingerprint density at radius 2 is 1.94 bits per heavy atom. The number of carbonyl (C=O) groups excluding carboxylic acids is 1. The van der Waals surface area contributed by atoms with Gasteiger partial charge >= 0.3 is 0 Å². The van der Waals surface area contributed by atoms with Crippen molar-refractivity contribution < 1.29 is 14.1 Å². The van der Waals surface area contributed by atoms with E-state index in [2.05, 4.69) is 44.3 Å². The molecule has 170 valence electrons. The van der Waals surface area contributed by atoms with Crippen molar-refractivity contribution in [3.8, 4) is 11.3 Å². The summed E-state index contributed by atoms with van der Waals surface area (Å²) in [5, 5.41) is 12.1. The van der Waals surface area contributed by atoms with Crippen LogP contribution in [0.5, 0.6) is 0 Å². The molecule has 3 aromatic heterocycles. The van der Waals surface area contributed by atoms with Crippen LogP contribution in [0, 0.1) is 0 Å². The second-order valence-corrected chi connectivity index (χ2v) is 8.16. The quantitative estimate of drug-likeness (QED) is 0.480. The Balaban J connectivity index is 1.24. The third-order valence-corrected chi connectivity index (χ3v) is 5.54. The van der Waals surface area contributed by atoms with Crippen molar-refractivity contribution in [1.29, 1.82) is 0 Å². The number of benzene rings is 1. The molecule has 0 spiro atoms. The van der Waals surface area contributed by atoms with Crippen LogP contribution in [-0.4, -0.2) is 62.7 Å². The number of morpholine rings is 1. The predicted molar refractivity (Wildman–Crippen MR) is 122 cm³/mol. The zero-order valence-corrected chi connectivity index (χ0v) is 18.5. The van der Waals surface area contributed by atoms with Gasteiger partial charge in [0.2, 0.25) is 0 Å². The molecule has 10 heteroatoms. The zero-order valence-electron chi connectivity index (χ0n) is 18.5. The molecular formula is C23H25N7O3. The van der Waals surface area contributed by atoms with Gasteiger partial charge in [-0.25, -0.2) is 14.6 Å². The summed E-state index contributed by atoms with van der Waals surface area (Å²) < 4.78 is 12.9. The summed E-state index contributed by atoms with van der Waals surface area (Å²) in [6, 6.07) is 11.2. The Morgan fingerprint density at radius 3 is 2.73 bits per heavy atom. The van der Waals surface area contributed by atoms with E-state index in [1.807, 2.05) is 30.3 Å². The zero-order chi connectivity index (χ0) is 22.8. The minimum atomic E-state index is -0.302. The standard InChI is InChI=1S/C23H25N7O3/c1-15-12-29(13-16(2)32-15)21-18-11-27-30(22(18)26-14-25-21)9-8-24-23(31)19-10-20(33-28-19)17-6-4-3-5-7-17/h3-7,10-11,14-16H,8-9,12-13H2,1-2H3,(H,24,31). The number of rotatable bonds is 6. The van der Waals surface area contributed by atoms with Gasteiger partial charge in [-0.2, -0.15) is 5.10 Å². The number of amides is 1. The Bertz CT molecular complexity index is 1240. The molecule has 4 heterocycles. The van der Waals surface area contributed by atoms with Crippen molar-refractivity contribution in [1.82, 2.24) is 30.2 Å². The lowest BCUT2D eigenvalue weighted by Crippen LogP contribution is -2.45. The first kappa shape index (κ1) is 21.1. The van der Waals surface area contributed by atoms with Crippen molar-refractivity contribution >= 4 is 22.8 Å². The summed E-state index contributed by atoms with van der Waals surface area (Å²) in [6.07, 6.45) is 3.59. The molecule has 0 bridgehead atoms. The minimum absolute atomic E-state index is 0.128. The second kappa shape index (κ2) is 8.99. The SMILES string of the molecule is CC1CN(c2ncnc3c2cnn3CCNC(=O)c2cc(-c3ccccc3)on2)CC(C)O1. The average molecular weight is 447 g/mol. The Morgan fingerprint density at radius 1 is 1.15 bits per heavy atom. The fraction of sp³-hybridized carbons (Fsp3) is 0.348. The van der Waals surface area contributed by atoms with Gasteiger partial charge in [-0.05, 0) is 13.8 Å². The largest absolute Gasteiger partial charge is 0.372 e. The molecule has 33 heavy (non-hydrogen) atoms. The Labute approximate surface area is 190 Å². The number of nitrogens with zero attached hydrogens (tertiary/aromatic N) is 6. The fourth-order valence-electron chi connectivity index (χ4n) is 4.13. The maximum absolute atomic E-state index is 12.5. The molecule has 2 unspecified atom stereocenters. The summed E-state index contributed by atoms with van der Waals surface area (Å²) in [5.41, 5.74) is 1.83. The van der Waals surface area contributed by atoms with Crippen LogP contribution in [-0.2, 0) is 11.3 Å². The monoisotopic (exact) mass is 447 g/mol. The molecular weight excluding hydrogens is 422 g/mol. The molecule has 0 saturated carbocycles. The molecule has 1 fully saturated rings. The van der Waals surface area contributed by atoms with E-state index in [9.17, 15) is 4.79 Å². The van der Waals surface area contributed by atoms with E-state index in [4.69, 9.17) is 9.26 Å². The van der Waals surface area contributed by atoms with Crippen LogP contribution >= 0.6 is 0 Å². The molecule has 1 aromatic carbocycles. The minimum Gasteiger partial charge on any atom is -0.372 e. The van der Waals surface area contributed by atoms with Gasteiger partial charge in [-0.1, -0.05) is 35.5 Å². The number of anilines is 1. The molecule has 2 atom stereocenters. The van der Waals surface area contributed by atoms with Gasteiger partial charge < -0.3 is 19.5 Å². The van der Waals surface area contributed by atoms with Crippen LogP contribution in [0.4, 0.5) is 5.82 Å². The van der Waals surface area contributed by atoms with Crippen molar-refractivity contribution in [3.05, 3.63) is 54.6 Å². The van der Waals surface area contributed by atoms with Gasteiger partial charge in [0, 0.05) is 31.3 Å². The number of carbonyl (C=O) groups is 1. The number of nitrogens with one attached hydrogen (secondary N) is 1. The lowest BCUT2D eigenvalue weighted by Gasteiger charge is -2.36. The lowest BCUT2D eigenvalue weighted by molar-refractivity contribution is -0.00537. The predicted octanol–water partition coefficient (Wildman–Crippen LogP) is 2.52. The summed E-state index contributed by atoms with van der Waals surface area (Å²) in [6.45, 7) is 6.48. The Hall–Kier alpha value is -3.79. The van der Waals surface area contributed by atoms with E-state index in [1.54, 1.807) is 23.3 Å². The molecule has 0 aliphatic carbocycles. The first-order chi connectivity index (χ1) is 16.1. The van der Waals surface area contributed by atoms with Crippen LogP contribution in [0.25, 0.3) is 22.4 Å². The second-order valence-electron chi connectivity index (χ2n) is 8.16. The number of hydrogen-bond acceptors (Lipinski definition) is 8. The van der Waals surface area contributed by atoms with Gasteiger partial charge in [-0.3, -0.25) is 4.79 Å². The number of ether oxygens (including phenoxy) is 1. The van der Waals surface area contributed by atoms with Crippen molar-refractivity contribution in [3.63, 3.8) is 0 Å². The van der Waals surface area contributed by atoms with E-state index in [0.29, 0.717) is 18.8 Å². The molecule has 1 aliphatic heterocycles. The average Bonchev–Trinajstić information content (AvgIpc) is 3.47. The first-order valence-electron chi connectivity index (χ1n) is 11.0. The summed E-state index contributed by atoms with van der Waals surface area (Å²) in [5.74, 6) is 1.10. The van der Waals surface area contributed by atoms with Gasteiger partial charge in [0.1, 0.15) is 12.1 Å². The molecule has 1 saturated heterocycles. The third kappa shape index (κ3) is 4.42. The van der Waals surface area contributed by atoms with Crippen molar-refractivity contribution in [2.24, 2.45) is 0 Å². The van der Waals surface area contributed by atoms with Crippen LogP contribution in [0.2, 0.25) is 0 Å². The molecule has 10 nitrogen and oxygen atoms in total. The van der Waals surface area contributed by atoms with Crippen molar-refractivity contribution in [2.75, 3.05) is 24.5 Å². The molecule has 0 radical (unpaired) electrons. The van der Waals surface area contributed by atoms with E-state index in [1.165, 1.54) is 0 Å². The summed E-state index contributed by atoms with van der Waals surface area (Å²) >= 11 is 0. The maximum Gasteiger partial charge on any atom is 0.273 e. The molecule has 1 aliphatic rings. The van der Waals surface area contributed by atoms with Gasteiger partial charge in [0.15, 0.2) is 17.1 Å². The van der Waals surface area contributed by atoms with Crippen LogP contribution in [0.15, 0.2) is 53.4 Å². The summed E-state index contributed by atoms with van der Waals surface area (Å²) in [4.78, 5) is 23.6. The highest BCUT2D eigenvalue weighted by Crippen LogP contribution is 2.25.